The lowest BCUT2D eigenvalue weighted by atomic mass is 9.71. The van der Waals surface area contributed by atoms with Crippen molar-refractivity contribution in [3.63, 3.8) is 0 Å². The number of hydrogen-bond donors (Lipinski definition) is 2. The first kappa shape index (κ1) is 13.4. The van der Waals surface area contributed by atoms with Gasteiger partial charge >= 0.3 is 5.97 Å². The first-order chi connectivity index (χ1) is 7.25. The SMILES string of the molecule is CC1CCC(CNS(C)(=O)=O)(C(=O)O)CC1. The third kappa shape index (κ3) is 3.45. The molecule has 0 atom stereocenters. The van der Waals surface area contributed by atoms with Crippen molar-refractivity contribution < 1.29 is 18.3 Å². The smallest absolute Gasteiger partial charge is 0.310 e. The molecule has 0 spiro atoms. The maximum Gasteiger partial charge on any atom is 0.310 e. The van der Waals surface area contributed by atoms with Crippen LogP contribution >= 0.6 is 0 Å². The van der Waals surface area contributed by atoms with E-state index in [1.807, 2.05) is 0 Å². The van der Waals surface area contributed by atoms with Crippen LogP contribution in [0, 0.1) is 11.3 Å². The molecule has 5 nitrogen and oxygen atoms in total. The minimum absolute atomic E-state index is 0.00782. The highest BCUT2D eigenvalue weighted by Gasteiger charge is 2.41. The Bertz CT molecular complexity index is 355. The van der Waals surface area contributed by atoms with Crippen molar-refractivity contribution in [1.29, 1.82) is 0 Å². The zero-order chi connectivity index (χ0) is 12.4. The molecule has 16 heavy (non-hydrogen) atoms. The van der Waals surface area contributed by atoms with Crippen LogP contribution in [0.25, 0.3) is 0 Å². The van der Waals surface area contributed by atoms with Gasteiger partial charge in [-0.1, -0.05) is 6.92 Å². The molecule has 0 aliphatic heterocycles. The number of carboxylic acids is 1. The van der Waals surface area contributed by atoms with Gasteiger partial charge in [0.15, 0.2) is 0 Å². The van der Waals surface area contributed by atoms with Crippen LogP contribution in [0.4, 0.5) is 0 Å². The molecule has 1 saturated carbocycles. The summed E-state index contributed by atoms with van der Waals surface area (Å²) in [5, 5.41) is 9.24. The van der Waals surface area contributed by atoms with Crippen LogP contribution in [0.2, 0.25) is 0 Å². The monoisotopic (exact) mass is 249 g/mol. The molecule has 1 rings (SSSR count). The van der Waals surface area contributed by atoms with E-state index in [4.69, 9.17) is 0 Å². The fraction of sp³-hybridized carbons (Fsp3) is 0.900. The minimum atomic E-state index is -3.32. The normalized spacial score (nSPS) is 31.2. The van der Waals surface area contributed by atoms with Crippen LogP contribution in [0.1, 0.15) is 32.6 Å². The summed E-state index contributed by atoms with van der Waals surface area (Å²) >= 11 is 0. The number of sulfonamides is 1. The maximum absolute atomic E-state index is 11.3. The summed E-state index contributed by atoms with van der Waals surface area (Å²) in [6, 6.07) is 0. The zero-order valence-corrected chi connectivity index (χ0v) is 10.5. The summed E-state index contributed by atoms with van der Waals surface area (Å²) in [5.74, 6) is -0.360. The molecule has 0 unspecified atom stereocenters. The fourth-order valence-electron chi connectivity index (χ4n) is 2.05. The molecule has 1 aliphatic rings. The molecule has 0 aromatic carbocycles. The molecule has 0 aromatic rings. The van der Waals surface area contributed by atoms with Gasteiger partial charge in [0.1, 0.15) is 0 Å². The lowest BCUT2D eigenvalue weighted by Gasteiger charge is -2.35. The van der Waals surface area contributed by atoms with Crippen LogP contribution in [0.5, 0.6) is 0 Å². The number of nitrogens with one attached hydrogen (secondary N) is 1. The van der Waals surface area contributed by atoms with Crippen molar-refractivity contribution in [3.8, 4) is 0 Å². The lowest BCUT2D eigenvalue weighted by Crippen LogP contribution is -2.44. The Morgan fingerprint density at radius 2 is 1.94 bits per heavy atom. The van der Waals surface area contributed by atoms with Crippen molar-refractivity contribution in [2.24, 2.45) is 11.3 Å². The second-order valence-electron chi connectivity index (χ2n) is 4.86. The molecule has 0 aromatic heterocycles. The molecule has 0 saturated heterocycles. The Balaban J connectivity index is 2.71. The number of rotatable bonds is 4. The molecule has 1 fully saturated rings. The van der Waals surface area contributed by atoms with E-state index in [9.17, 15) is 18.3 Å². The molecule has 1 aliphatic carbocycles. The zero-order valence-electron chi connectivity index (χ0n) is 9.69. The van der Waals surface area contributed by atoms with Crippen molar-refractivity contribution in [2.75, 3.05) is 12.8 Å². The average Bonchev–Trinajstić information content (AvgIpc) is 2.16. The Kier molecular flexibility index (Phi) is 3.96. The van der Waals surface area contributed by atoms with Gasteiger partial charge in [0.25, 0.3) is 0 Å². The Morgan fingerprint density at radius 3 is 2.31 bits per heavy atom. The first-order valence-electron chi connectivity index (χ1n) is 5.43. The summed E-state index contributed by atoms with van der Waals surface area (Å²) in [4.78, 5) is 11.3. The molecule has 0 heterocycles. The van der Waals surface area contributed by atoms with Gasteiger partial charge in [-0.05, 0) is 31.6 Å². The number of carbonyl (C=O) groups is 1. The van der Waals surface area contributed by atoms with E-state index in [0.29, 0.717) is 18.8 Å². The fourth-order valence-corrected chi connectivity index (χ4v) is 2.59. The van der Waals surface area contributed by atoms with Crippen molar-refractivity contribution in [3.05, 3.63) is 0 Å². The Labute approximate surface area is 96.3 Å². The van der Waals surface area contributed by atoms with Crippen LogP contribution < -0.4 is 4.72 Å². The van der Waals surface area contributed by atoms with Crippen molar-refractivity contribution in [2.45, 2.75) is 32.6 Å². The highest BCUT2D eigenvalue weighted by molar-refractivity contribution is 7.88. The maximum atomic E-state index is 11.3. The Hall–Kier alpha value is -0.620. The van der Waals surface area contributed by atoms with Gasteiger partial charge in [-0.15, -0.1) is 0 Å². The molecular formula is C10H19NO4S. The van der Waals surface area contributed by atoms with Gasteiger partial charge in [0, 0.05) is 6.54 Å². The summed E-state index contributed by atoms with van der Waals surface area (Å²) < 4.78 is 24.3. The van der Waals surface area contributed by atoms with E-state index < -0.39 is 21.4 Å². The lowest BCUT2D eigenvalue weighted by molar-refractivity contribution is -0.151. The van der Waals surface area contributed by atoms with Crippen LogP contribution in [0.15, 0.2) is 0 Å². The van der Waals surface area contributed by atoms with Gasteiger partial charge in [-0.2, -0.15) is 0 Å². The number of hydrogen-bond acceptors (Lipinski definition) is 3. The third-order valence-corrected chi connectivity index (χ3v) is 4.03. The summed E-state index contributed by atoms with van der Waals surface area (Å²) in [6.45, 7) is 2.10. The summed E-state index contributed by atoms with van der Waals surface area (Å²) in [5.41, 5.74) is -0.907. The summed E-state index contributed by atoms with van der Waals surface area (Å²) in [7, 11) is -3.32. The standard InChI is InChI=1S/C10H19NO4S/c1-8-3-5-10(6-4-8,9(12)13)7-11-16(2,14)15/h8,11H,3-7H2,1-2H3,(H,12,13). The van der Waals surface area contributed by atoms with Gasteiger partial charge in [-0.3, -0.25) is 4.79 Å². The van der Waals surface area contributed by atoms with E-state index in [1.165, 1.54) is 0 Å². The van der Waals surface area contributed by atoms with Gasteiger partial charge in [0.05, 0.1) is 11.7 Å². The summed E-state index contributed by atoms with van der Waals surface area (Å²) in [6.07, 6.45) is 3.83. The van der Waals surface area contributed by atoms with Gasteiger partial charge in [0.2, 0.25) is 10.0 Å². The second-order valence-corrected chi connectivity index (χ2v) is 6.69. The van der Waals surface area contributed by atoms with E-state index in [2.05, 4.69) is 11.6 Å². The number of aliphatic carboxylic acids is 1. The minimum Gasteiger partial charge on any atom is -0.481 e. The van der Waals surface area contributed by atoms with E-state index in [0.717, 1.165) is 19.1 Å². The van der Waals surface area contributed by atoms with Crippen LogP contribution in [0.3, 0.4) is 0 Å². The molecule has 0 radical (unpaired) electrons. The molecule has 94 valence electrons. The highest BCUT2D eigenvalue weighted by Crippen LogP contribution is 2.38. The Morgan fingerprint density at radius 1 is 1.44 bits per heavy atom. The van der Waals surface area contributed by atoms with Crippen molar-refractivity contribution >= 4 is 16.0 Å². The third-order valence-electron chi connectivity index (χ3n) is 3.36. The molecule has 6 heteroatoms. The molecule has 0 bridgehead atoms. The average molecular weight is 249 g/mol. The van der Waals surface area contributed by atoms with Crippen LogP contribution in [-0.2, 0) is 14.8 Å². The second kappa shape index (κ2) is 4.71. The van der Waals surface area contributed by atoms with E-state index in [-0.39, 0.29) is 6.54 Å². The van der Waals surface area contributed by atoms with Gasteiger partial charge < -0.3 is 5.11 Å². The predicted octanol–water partition coefficient (Wildman–Crippen LogP) is 0.817. The van der Waals surface area contributed by atoms with Crippen LogP contribution in [-0.4, -0.2) is 32.3 Å². The van der Waals surface area contributed by atoms with E-state index >= 15 is 0 Å². The first-order valence-corrected chi connectivity index (χ1v) is 7.32. The molecule has 2 N–H and O–H groups in total. The highest BCUT2D eigenvalue weighted by atomic mass is 32.2. The quantitative estimate of drug-likeness (QED) is 0.772. The molecule has 0 amide bonds. The molecular weight excluding hydrogens is 230 g/mol. The number of carboxylic acid groups (broad SMARTS) is 1. The van der Waals surface area contributed by atoms with Crippen molar-refractivity contribution in [1.82, 2.24) is 4.72 Å². The predicted molar refractivity (Wildman–Crippen MR) is 60.5 cm³/mol. The topological polar surface area (TPSA) is 83.5 Å². The van der Waals surface area contributed by atoms with E-state index in [1.54, 1.807) is 0 Å². The van der Waals surface area contributed by atoms with Gasteiger partial charge in [-0.25, -0.2) is 13.1 Å². The largest absolute Gasteiger partial charge is 0.481 e.